The summed E-state index contributed by atoms with van der Waals surface area (Å²) < 4.78 is 0. The normalized spacial score (nSPS) is 17.1. The van der Waals surface area contributed by atoms with Crippen molar-refractivity contribution in [2.24, 2.45) is 0 Å². The third-order valence-corrected chi connectivity index (χ3v) is 6.08. The van der Waals surface area contributed by atoms with E-state index in [1.54, 1.807) is 0 Å². The van der Waals surface area contributed by atoms with Crippen LogP contribution in [-0.4, -0.2) is 23.9 Å². The predicted molar refractivity (Wildman–Crippen MR) is 119 cm³/mol. The van der Waals surface area contributed by atoms with Crippen LogP contribution in [-0.2, 0) is 4.79 Å². The molecule has 0 N–H and O–H groups in total. The molecule has 29 heavy (non-hydrogen) atoms. The minimum Gasteiger partial charge on any atom is -0.342 e. The molecule has 0 bridgehead atoms. The number of carbonyl (C=O) groups excluding carboxylic acids is 1. The van der Waals surface area contributed by atoms with E-state index in [0.717, 1.165) is 25.9 Å². The van der Waals surface area contributed by atoms with Gasteiger partial charge < -0.3 is 4.90 Å². The molecule has 0 saturated carbocycles. The molecule has 1 saturated heterocycles. The Kier molecular flexibility index (Phi) is 6.41. The van der Waals surface area contributed by atoms with E-state index in [1.165, 1.54) is 23.1 Å². The van der Waals surface area contributed by atoms with Crippen LogP contribution in [0.1, 0.15) is 54.2 Å². The number of hydrogen-bond donors (Lipinski definition) is 0. The van der Waals surface area contributed by atoms with Gasteiger partial charge in [-0.05, 0) is 29.5 Å². The molecule has 3 aromatic rings. The van der Waals surface area contributed by atoms with Crippen molar-refractivity contribution in [2.45, 2.75) is 37.5 Å². The summed E-state index contributed by atoms with van der Waals surface area (Å²) in [6.07, 6.45) is 3.96. The molecule has 1 heterocycles. The number of hydrogen-bond acceptors (Lipinski definition) is 1. The molecule has 4 rings (SSSR count). The van der Waals surface area contributed by atoms with Gasteiger partial charge in [-0.1, -0.05) is 97.4 Å². The average Bonchev–Trinajstić information content (AvgIpc) is 3.06. The molecule has 1 amide bonds. The van der Waals surface area contributed by atoms with Gasteiger partial charge in [0.1, 0.15) is 0 Å². The van der Waals surface area contributed by atoms with Crippen molar-refractivity contribution in [2.75, 3.05) is 13.1 Å². The lowest BCUT2D eigenvalue weighted by molar-refractivity contribution is -0.131. The van der Waals surface area contributed by atoms with Crippen molar-refractivity contribution >= 4 is 5.91 Å². The molecule has 0 radical (unpaired) electrons. The number of rotatable bonds is 5. The van der Waals surface area contributed by atoms with E-state index >= 15 is 0 Å². The van der Waals surface area contributed by atoms with Gasteiger partial charge in [0, 0.05) is 31.3 Å². The van der Waals surface area contributed by atoms with E-state index in [0.29, 0.717) is 12.3 Å². The Bertz CT molecular complexity index is 852. The van der Waals surface area contributed by atoms with Gasteiger partial charge in [0.25, 0.3) is 0 Å². The van der Waals surface area contributed by atoms with Gasteiger partial charge in [-0.2, -0.15) is 0 Å². The maximum atomic E-state index is 13.4. The summed E-state index contributed by atoms with van der Waals surface area (Å²) in [7, 11) is 0. The molecule has 1 aliphatic heterocycles. The number of nitrogens with zero attached hydrogens (tertiary/aromatic N) is 1. The Morgan fingerprint density at radius 3 is 1.93 bits per heavy atom. The summed E-state index contributed by atoms with van der Waals surface area (Å²) in [4.78, 5) is 15.5. The number of likely N-dealkylation sites (tertiary alicyclic amines) is 1. The van der Waals surface area contributed by atoms with Crippen LogP contribution in [0.2, 0.25) is 0 Å². The Hall–Kier alpha value is -2.87. The Morgan fingerprint density at radius 2 is 1.34 bits per heavy atom. The third-order valence-electron chi connectivity index (χ3n) is 6.08. The van der Waals surface area contributed by atoms with Gasteiger partial charge in [-0.15, -0.1) is 0 Å². The highest BCUT2D eigenvalue weighted by molar-refractivity contribution is 5.78. The lowest BCUT2D eigenvalue weighted by Gasteiger charge is -2.27. The first-order chi connectivity index (χ1) is 14.3. The van der Waals surface area contributed by atoms with E-state index in [9.17, 15) is 4.79 Å². The minimum atomic E-state index is 0.100. The minimum absolute atomic E-state index is 0.100. The van der Waals surface area contributed by atoms with Crippen molar-refractivity contribution in [3.63, 3.8) is 0 Å². The van der Waals surface area contributed by atoms with Crippen LogP contribution < -0.4 is 0 Å². The quantitative estimate of drug-likeness (QED) is 0.529. The van der Waals surface area contributed by atoms with Gasteiger partial charge in [0.2, 0.25) is 5.91 Å². The lowest BCUT2D eigenvalue weighted by atomic mass is 9.88. The second-order valence-corrected chi connectivity index (χ2v) is 8.02. The van der Waals surface area contributed by atoms with Crippen LogP contribution in [0.15, 0.2) is 91.0 Å². The van der Waals surface area contributed by atoms with Crippen LogP contribution in [0.3, 0.4) is 0 Å². The van der Waals surface area contributed by atoms with Crippen molar-refractivity contribution in [3.05, 3.63) is 108 Å². The molecule has 148 valence electrons. The van der Waals surface area contributed by atoms with Gasteiger partial charge in [-0.3, -0.25) is 4.79 Å². The molecular weight excluding hydrogens is 354 g/mol. The SMILES string of the molecule is O=C(CC(c1ccccc1)c1ccccc1)N1CCCCC(c2ccccc2)C1. The van der Waals surface area contributed by atoms with E-state index < -0.39 is 0 Å². The third kappa shape index (κ3) is 4.95. The monoisotopic (exact) mass is 383 g/mol. The summed E-state index contributed by atoms with van der Waals surface area (Å²) in [6, 6.07) is 31.6. The molecule has 1 atom stereocenters. The zero-order valence-corrected chi connectivity index (χ0v) is 16.9. The molecule has 0 aliphatic carbocycles. The maximum Gasteiger partial charge on any atom is 0.223 e. The van der Waals surface area contributed by atoms with Crippen LogP contribution >= 0.6 is 0 Å². The average molecular weight is 384 g/mol. The number of carbonyl (C=O) groups is 1. The maximum absolute atomic E-state index is 13.4. The molecule has 2 nitrogen and oxygen atoms in total. The molecule has 1 aliphatic rings. The highest BCUT2D eigenvalue weighted by Crippen LogP contribution is 2.31. The first-order valence-corrected chi connectivity index (χ1v) is 10.7. The summed E-state index contributed by atoms with van der Waals surface area (Å²) in [5, 5.41) is 0. The Labute approximate surface area is 174 Å². The van der Waals surface area contributed by atoms with E-state index in [-0.39, 0.29) is 11.8 Å². The second kappa shape index (κ2) is 9.56. The smallest absolute Gasteiger partial charge is 0.223 e. The second-order valence-electron chi connectivity index (χ2n) is 8.02. The zero-order chi connectivity index (χ0) is 19.9. The highest BCUT2D eigenvalue weighted by Gasteiger charge is 2.26. The predicted octanol–water partition coefficient (Wildman–Crippen LogP) is 6.00. The number of amides is 1. The van der Waals surface area contributed by atoms with Crippen molar-refractivity contribution in [3.8, 4) is 0 Å². The van der Waals surface area contributed by atoms with E-state index in [4.69, 9.17) is 0 Å². The Balaban J connectivity index is 1.53. The molecule has 0 spiro atoms. The molecule has 2 heteroatoms. The molecule has 0 aromatic heterocycles. The van der Waals surface area contributed by atoms with Gasteiger partial charge in [-0.25, -0.2) is 0 Å². The highest BCUT2D eigenvalue weighted by atomic mass is 16.2. The van der Waals surface area contributed by atoms with Crippen molar-refractivity contribution in [1.82, 2.24) is 4.90 Å². The fourth-order valence-electron chi connectivity index (χ4n) is 4.47. The number of benzene rings is 3. The van der Waals surface area contributed by atoms with E-state index in [1.807, 2.05) is 12.1 Å². The van der Waals surface area contributed by atoms with Crippen LogP contribution in [0, 0.1) is 0 Å². The zero-order valence-electron chi connectivity index (χ0n) is 16.9. The molecule has 3 aromatic carbocycles. The lowest BCUT2D eigenvalue weighted by Crippen LogP contribution is -2.35. The summed E-state index contributed by atoms with van der Waals surface area (Å²) in [6.45, 7) is 1.71. The van der Waals surface area contributed by atoms with Crippen molar-refractivity contribution in [1.29, 1.82) is 0 Å². The van der Waals surface area contributed by atoms with Crippen LogP contribution in [0.4, 0.5) is 0 Å². The summed E-state index contributed by atoms with van der Waals surface area (Å²) in [5.41, 5.74) is 3.78. The van der Waals surface area contributed by atoms with Crippen LogP contribution in [0.25, 0.3) is 0 Å². The fourth-order valence-corrected chi connectivity index (χ4v) is 4.47. The van der Waals surface area contributed by atoms with Crippen LogP contribution in [0.5, 0.6) is 0 Å². The Morgan fingerprint density at radius 1 is 0.793 bits per heavy atom. The van der Waals surface area contributed by atoms with Gasteiger partial charge in [0.05, 0.1) is 0 Å². The first-order valence-electron chi connectivity index (χ1n) is 10.7. The fraction of sp³-hybridized carbons (Fsp3) is 0.296. The largest absolute Gasteiger partial charge is 0.342 e. The standard InChI is InChI=1S/C27H29NO/c29-27(28-19-11-10-18-25(21-28)22-12-4-1-5-13-22)20-26(23-14-6-2-7-15-23)24-16-8-3-9-17-24/h1-9,12-17,25-26H,10-11,18-21H2. The molecular formula is C27H29NO. The topological polar surface area (TPSA) is 20.3 Å². The molecule has 1 fully saturated rings. The summed E-state index contributed by atoms with van der Waals surface area (Å²) >= 11 is 0. The van der Waals surface area contributed by atoms with Crippen molar-refractivity contribution < 1.29 is 4.79 Å². The summed E-state index contributed by atoms with van der Waals surface area (Å²) in [5.74, 6) is 0.809. The van der Waals surface area contributed by atoms with Gasteiger partial charge in [0.15, 0.2) is 0 Å². The first kappa shape index (κ1) is 19.4. The van der Waals surface area contributed by atoms with E-state index in [2.05, 4.69) is 83.8 Å². The van der Waals surface area contributed by atoms with Gasteiger partial charge >= 0.3 is 0 Å². The molecule has 1 unspecified atom stereocenters.